The number of nitrogens with zero attached hydrogens (tertiary/aromatic N) is 1. The lowest BCUT2D eigenvalue weighted by atomic mass is 9.91. The second-order valence-electron chi connectivity index (χ2n) is 7.95. The van der Waals surface area contributed by atoms with E-state index in [0.717, 1.165) is 0 Å². The summed E-state index contributed by atoms with van der Waals surface area (Å²) in [6, 6.07) is 7.75. The van der Waals surface area contributed by atoms with Crippen molar-refractivity contribution in [2.24, 2.45) is 5.41 Å². The molecule has 0 fully saturated rings. The fraction of sp³-hybridized carbons (Fsp3) is 0.238. The number of benzene rings is 1. The Hall–Kier alpha value is -2.61. The molecule has 1 heterocycles. The van der Waals surface area contributed by atoms with E-state index in [1.54, 1.807) is 12.1 Å². The van der Waals surface area contributed by atoms with Crippen molar-refractivity contribution in [2.75, 3.05) is 10.6 Å². The van der Waals surface area contributed by atoms with Gasteiger partial charge in [-0.2, -0.15) is 0 Å². The van der Waals surface area contributed by atoms with Gasteiger partial charge in [-0.15, -0.1) is 0 Å². The largest absolute Gasteiger partial charge is 0.360 e. The molecule has 2 aromatic carbocycles. The van der Waals surface area contributed by atoms with Gasteiger partial charge in [0.1, 0.15) is 17.5 Å². The smallest absolute Gasteiger partial charge is 0.253 e. The SMILES string of the molecule is CC(C)(C)[C@H](NC(=O)c1cc(Cl)cc(Cl)c1)Nc1c(Nc2cccnc2Cl)c(=O)c1=O. The fourth-order valence-corrected chi connectivity index (χ4v) is 3.47. The number of amides is 1. The Balaban J connectivity index is 1.87. The Kier molecular flexibility index (Phi) is 6.59. The minimum atomic E-state index is -0.703. The molecule has 0 spiro atoms. The van der Waals surface area contributed by atoms with Crippen LogP contribution in [-0.2, 0) is 0 Å². The molecule has 7 nitrogen and oxygen atoms in total. The lowest BCUT2D eigenvalue weighted by molar-refractivity contribution is 0.0913. The monoisotopic (exact) mass is 480 g/mol. The topological polar surface area (TPSA) is 100 Å². The highest BCUT2D eigenvalue weighted by molar-refractivity contribution is 6.35. The van der Waals surface area contributed by atoms with Crippen LogP contribution in [0.4, 0.5) is 17.1 Å². The fourth-order valence-electron chi connectivity index (χ4n) is 2.78. The van der Waals surface area contributed by atoms with Crippen molar-refractivity contribution in [3.8, 4) is 0 Å². The van der Waals surface area contributed by atoms with Gasteiger partial charge < -0.3 is 16.0 Å². The second-order valence-corrected chi connectivity index (χ2v) is 9.18. The van der Waals surface area contributed by atoms with Crippen molar-refractivity contribution in [1.29, 1.82) is 0 Å². The van der Waals surface area contributed by atoms with Gasteiger partial charge in [-0.3, -0.25) is 14.4 Å². The summed E-state index contributed by atoms with van der Waals surface area (Å²) in [5, 5.41) is 9.44. The van der Waals surface area contributed by atoms with Gasteiger partial charge in [0.2, 0.25) is 0 Å². The summed E-state index contributed by atoms with van der Waals surface area (Å²) in [7, 11) is 0. The third-order valence-electron chi connectivity index (χ3n) is 4.48. The van der Waals surface area contributed by atoms with Crippen LogP contribution in [0, 0.1) is 5.41 Å². The third kappa shape index (κ3) is 5.18. The predicted octanol–water partition coefficient (Wildman–Crippen LogP) is 4.60. The predicted molar refractivity (Wildman–Crippen MR) is 125 cm³/mol. The van der Waals surface area contributed by atoms with E-state index in [2.05, 4.69) is 20.9 Å². The van der Waals surface area contributed by atoms with E-state index in [9.17, 15) is 14.4 Å². The van der Waals surface area contributed by atoms with Gasteiger partial charge in [-0.1, -0.05) is 55.6 Å². The van der Waals surface area contributed by atoms with Gasteiger partial charge in [-0.05, 0) is 30.3 Å². The molecule has 31 heavy (non-hydrogen) atoms. The van der Waals surface area contributed by atoms with Crippen LogP contribution in [0.5, 0.6) is 0 Å². The van der Waals surface area contributed by atoms with Crippen LogP contribution in [0.1, 0.15) is 31.1 Å². The van der Waals surface area contributed by atoms with Crippen molar-refractivity contribution in [1.82, 2.24) is 10.3 Å². The number of aromatic nitrogens is 1. The number of carbonyl (C=O) groups is 1. The van der Waals surface area contributed by atoms with Crippen LogP contribution in [0.15, 0.2) is 46.1 Å². The molecule has 3 aromatic rings. The summed E-state index contributed by atoms with van der Waals surface area (Å²) < 4.78 is 0. The number of pyridine rings is 1. The van der Waals surface area contributed by atoms with Gasteiger partial charge in [0.15, 0.2) is 5.15 Å². The summed E-state index contributed by atoms with van der Waals surface area (Å²) in [6.07, 6.45) is 0.799. The Bertz CT molecular complexity index is 1190. The molecule has 0 aliphatic carbocycles. The summed E-state index contributed by atoms with van der Waals surface area (Å²) in [5.74, 6) is -0.444. The molecule has 3 N–H and O–H groups in total. The van der Waals surface area contributed by atoms with Crippen LogP contribution in [0.3, 0.4) is 0 Å². The maximum atomic E-state index is 12.8. The summed E-state index contributed by atoms with van der Waals surface area (Å²) in [4.78, 5) is 41.1. The number of hydrogen-bond acceptors (Lipinski definition) is 6. The molecule has 0 bridgehead atoms. The standard InChI is InChI=1S/C21H19Cl3N4O3/c1-21(2,3)20(28-19(31)10-7-11(22)9-12(23)8-10)27-15-14(16(29)17(15)30)26-13-5-4-6-25-18(13)24/h4-9,20,26-27H,1-3H3,(H,28,31)/t20-/m0/s1. The van der Waals surface area contributed by atoms with Crippen LogP contribution in [0.2, 0.25) is 15.2 Å². The van der Waals surface area contributed by atoms with Crippen molar-refractivity contribution in [3.05, 3.63) is 77.7 Å². The number of anilines is 3. The molecule has 0 unspecified atom stereocenters. The van der Waals surface area contributed by atoms with Crippen LogP contribution in [0.25, 0.3) is 0 Å². The van der Waals surface area contributed by atoms with Crippen molar-refractivity contribution in [2.45, 2.75) is 26.9 Å². The minimum absolute atomic E-state index is 0.0502. The Morgan fingerprint density at radius 1 is 1.00 bits per heavy atom. The van der Waals surface area contributed by atoms with E-state index in [-0.39, 0.29) is 22.1 Å². The molecule has 1 atom stereocenters. The highest BCUT2D eigenvalue weighted by atomic mass is 35.5. The van der Waals surface area contributed by atoms with E-state index >= 15 is 0 Å². The summed E-state index contributed by atoms with van der Waals surface area (Å²) in [5.41, 5.74) is -1.17. The molecule has 0 aliphatic heterocycles. The number of carbonyl (C=O) groups excluding carboxylic acids is 1. The molecule has 0 radical (unpaired) electrons. The second kappa shape index (κ2) is 8.86. The summed E-state index contributed by atoms with van der Waals surface area (Å²) in [6.45, 7) is 5.60. The average Bonchev–Trinajstić information content (AvgIpc) is 2.68. The van der Waals surface area contributed by atoms with E-state index in [0.29, 0.717) is 15.7 Å². The zero-order chi connectivity index (χ0) is 22.9. The van der Waals surface area contributed by atoms with Crippen LogP contribution >= 0.6 is 34.8 Å². The van der Waals surface area contributed by atoms with E-state index in [4.69, 9.17) is 34.8 Å². The zero-order valence-electron chi connectivity index (χ0n) is 16.8. The lowest BCUT2D eigenvalue weighted by Gasteiger charge is -2.33. The van der Waals surface area contributed by atoms with Gasteiger partial charge in [0.05, 0.1) is 5.69 Å². The highest BCUT2D eigenvalue weighted by Crippen LogP contribution is 2.28. The zero-order valence-corrected chi connectivity index (χ0v) is 19.1. The lowest BCUT2D eigenvalue weighted by Crippen LogP contribution is -2.51. The average molecular weight is 482 g/mol. The van der Waals surface area contributed by atoms with E-state index in [1.165, 1.54) is 24.4 Å². The van der Waals surface area contributed by atoms with Crippen molar-refractivity contribution < 1.29 is 4.79 Å². The molecule has 1 aromatic heterocycles. The minimum Gasteiger partial charge on any atom is -0.360 e. The van der Waals surface area contributed by atoms with Gasteiger partial charge >= 0.3 is 0 Å². The maximum absolute atomic E-state index is 12.8. The quantitative estimate of drug-likeness (QED) is 0.270. The van der Waals surface area contributed by atoms with Gasteiger partial charge in [0.25, 0.3) is 16.8 Å². The van der Waals surface area contributed by atoms with Crippen molar-refractivity contribution in [3.63, 3.8) is 0 Å². The number of nitrogens with one attached hydrogen (secondary N) is 3. The normalized spacial score (nSPS) is 12.5. The number of rotatable bonds is 6. The highest BCUT2D eigenvalue weighted by Gasteiger charge is 2.31. The molecular weight excluding hydrogens is 463 g/mol. The Labute approximate surface area is 193 Å². The number of halogens is 3. The summed E-state index contributed by atoms with van der Waals surface area (Å²) >= 11 is 18.0. The molecule has 0 aliphatic rings. The first kappa shape index (κ1) is 23.1. The molecule has 10 heteroatoms. The Morgan fingerprint density at radius 3 is 2.19 bits per heavy atom. The van der Waals surface area contributed by atoms with Crippen LogP contribution in [-0.4, -0.2) is 17.1 Å². The molecule has 162 valence electrons. The first-order valence-corrected chi connectivity index (χ1v) is 10.3. The third-order valence-corrected chi connectivity index (χ3v) is 5.22. The van der Waals surface area contributed by atoms with Crippen LogP contribution < -0.4 is 26.8 Å². The first-order chi connectivity index (χ1) is 14.5. The maximum Gasteiger partial charge on any atom is 0.253 e. The molecule has 3 rings (SSSR count). The first-order valence-electron chi connectivity index (χ1n) is 9.21. The van der Waals surface area contributed by atoms with Gasteiger partial charge in [-0.25, -0.2) is 4.98 Å². The van der Waals surface area contributed by atoms with E-state index in [1.807, 2.05) is 20.8 Å². The molecule has 0 saturated heterocycles. The Morgan fingerprint density at radius 2 is 1.61 bits per heavy atom. The van der Waals surface area contributed by atoms with Gasteiger partial charge in [0, 0.05) is 27.2 Å². The number of hydrogen-bond donors (Lipinski definition) is 3. The molecular formula is C21H19Cl3N4O3. The molecule has 0 saturated carbocycles. The molecule has 1 amide bonds. The van der Waals surface area contributed by atoms with E-state index < -0.39 is 28.3 Å². The van der Waals surface area contributed by atoms with Crippen molar-refractivity contribution >= 4 is 57.8 Å².